The fourth-order valence-electron chi connectivity index (χ4n) is 1.96. The predicted octanol–water partition coefficient (Wildman–Crippen LogP) is 3.19. The van der Waals surface area contributed by atoms with Crippen LogP contribution in [0.5, 0.6) is 0 Å². The summed E-state index contributed by atoms with van der Waals surface area (Å²) in [6.45, 7) is 6.75. The SMILES string of the molecule is CC(C)CC(C)N(C)c1ccc(C(N)=S)cc1. The monoisotopic (exact) mass is 250 g/mol. The maximum absolute atomic E-state index is 5.58. The first kappa shape index (κ1) is 14.0. The van der Waals surface area contributed by atoms with Crippen LogP contribution in [0.3, 0.4) is 0 Å². The van der Waals surface area contributed by atoms with Gasteiger partial charge in [0.25, 0.3) is 0 Å². The lowest BCUT2D eigenvalue weighted by Crippen LogP contribution is -2.30. The van der Waals surface area contributed by atoms with Crippen molar-refractivity contribution in [1.82, 2.24) is 0 Å². The first-order chi connectivity index (χ1) is 7.91. The number of benzene rings is 1. The van der Waals surface area contributed by atoms with Crippen molar-refractivity contribution in [2.75, 3.05) is 11.9 Å². The lowest BCUT2D eigenvalue weighted by atomic mass is 10.0. The number of rotatable bonds is 5. The molecule has 0 fully saturated rings. The van der Waals surface area contributed by atoms with Gasteiger partial charge in [-0.3, -0.25) is 0 Å². The number of hydrogen-bond acceptors (Lipinski definition) is 2. The third kappa shape index (κ3) is 4.00. The Kier molecular flexibility index (Phi) is 4.94. The van der Waals surface area contributed by atoms with Crippen molar-refractivity contribution in [2.24, 2.45) is 11.7 Å². The molecule has 94 valence electrons. The minimum Gasteiger partial charge on any atom is -0.389 e. The van der Waals surface area contributed by atoms with Gasteiger partial charge in [0, 0.05) is 24.3 Å². The second kappa shape index (κ2) is 6.01. The highest BCUT2D eigenvalue weighted by Gasteiger charge is 2.11. The molecule has 1 aromatic carbocycles. The van der Waals surface area contributed by atoms with Crippen LogP contribution in [0.4, 0.5) is 5.69 Å². The molecule has 0 aliphatic carbocycles. The summed E-state index contributed by atoms with van der Waals surface area (Å²) < 4.78 is 0. The van der Waals surface area contributed by atoms with Gasteiger partial charge in [-0.25, -0.2) is 0 Å². The first-order valence-electron chi connectivity index (χ1n) is 6.04. The second-order valence-corrected chi connectivity index (χ2v) is 5.44. The van der Waals surface area contributed by atoms with Crippen LogP contribution in [0.25, 0.3) is 0 Å². The molecule has 1 aromatic rings. The molecule has 0 aliphatic rings. The maximum atomic E-state index is 5.58. The van der Waals surface area contributed by atoms with Crippen molar-refractivity contribution in [2.45, 2.75) is 33.2 Å². The van der Waals surface area contributed by atoms with Gasteiger partial charge in [0.1, 0.15) is 4.99 Å². The Balaban J connectivity index is 2.75. The molecule has 1 atom stereocenters. The molecule has 3 heteroatoms. The van der Waals surface area contributed by atoms with Crippen LogP contribution in [-0.4, -0.2) is 18.1 Å². The average molecular weight is 250 g/mol. The Morgan fingerprint density at radius 3 is 2.18 bits per heavy atom. The topological polar surface area (TPSA) is 29.3 Å². The summed E-state index contributed by atoms with van der Waals surface area (Å²) >= 11 is 4.94. The smallest absolute Gasteiger partial charge is 0.103 e. The van der Waals surface area contributed by atoms with E-state index >= 15 is 0 Å². The number of thiocarbonyl (C=S) groups is 1. The Morgan fingerprint density at radius 2 is 1.76 bits per heavy atom. The van der Waals surface area contributed by atoms with Crippen LogP contribution in [0, 0.1) is 5.92 Å². The Bertz CT molecular complexity index is 370. The van der Waals surface area contributed by atoms with E-state index in [-0.39, 0.29) is 0 Å². The van der Waals surface area contributed by atoms with E-state index in [9.17, 15) is 0 Å². The van der Waals surface area contributed by atoms with Crippen molar-refractivity contribution in [1.29, 1.82) is 0 Å². The van der Waals surface area contributed by atoms with E-state index in [2.05, 4.69) is 44.9 Å². The molecular formula is C14H22N2S. The molecule has 0 saturated carbocycles. The summed E-state index contributed by atoms with van der Waals surface area (Å²) in [5, 5.41) is 0. The first-order valence-corrected chi connectivity index (χ1v) is 6.45. The van der Waals surface area contributed by atoms with E-state index in [1.807, 2.05) is 12.1 Å². The van der Waals surface area contributed by atoms with E-state index in [0.717, 1.165) is 5.56 Å². The van der Waals surface area contributed by atoms with Gasteiger partial charge in [0.2, 0.25) is 0 Å². The van der Waals surface area contributed by atoms with Gasteiger partial charge in [0.05, 0.1) is 0 Å². The zero-order chi connectivity index (χ0) is 13.0. The third-order valence-corrected chi connectivity index (χ3v) is 3.27. The van der Waals surface area contributed by atoms with Gasteiger partial charge < -0.3 is 10.6 Å². The minimum atomic E-state index is 0.453. The molecule has 1 unspecified atom stereocenters. The van der Waals surface area contributed by atoms with Crippen LogP contribution >= 0.6 is 12.2 Å². The van der Waals surface area contributed by atoms with E-state index in [4.69, 9.17) is 18.0 Å². The van der Waals surface area contributed by atoms with Crippen LogP contribution in [0.15, 0.2) is 24.3 Å². The quantitative estimate of drug-likeness (QED) is 0.814. The molecule has 0 radical (unpaired) electrons. The number of nitrogens with zero attached hydrogens (tertiary/aromatic N) is 1. The molecule has 1 rings (SSSR count). The fraction of sp³-hybridized carbons (Fsp3) is 0.500. The summed E-state index contributed by atoms with van der Waals surface area (Å²) in [4.78, 5) is 2.75. The van der Waals surface area contributed by atoms with E-state index in [1.54, 1.807) is 0 Å². The maximum Gasteiger partial charge on any atom is 0.103 e. The highest BCUT2D eigenvalue weighted by Crippen LogP contribution is 2.19. The molecule has 2 nitrogen and oxygen atoms in total. The van der Waals surface area contributed by atoms with Gasteiger partial charge in [-0.05, 0) is 43.5 Å². The van der Waals surface area contributed by atoms with Crippen molar-refractivity contribution < 1.29 is 0 Å². The van der Waals surface area contributed by atoms with Gasteiger partial charge in [-0.1, -0.05) is 26.1 Å². The zero-order valence-corrected chi connectivity index (χ0v) is 11.9. The molecule has 0 spiro atoms. The molecule has 2 N–H and O–H groups in total. The highest BCUT2D eigenvalue weighted by molar-refractivity contribution is 7.80. The van der Waals surface area contributed by atoms with Crippen molar-refractivity contribution in [3.63, 3.8) is 0 Å². The Hall–Kier alpha value is -1.09. The van der Waals surface area contributed by atoms with Gasteiger partial charge in [0.15, 0.2) is 0 Å². The van der Waals surface area contributed by atoms with Crippen LogP contribution < -0.4 is 10.6 Å². The summed E-state index contributed by atoms with van der Waals surface area (Å²) in [6.07, 6.45) is 1.19. The van der Waals surface area contributed by atoms with Crippen molar-refractivity contribution in [3.8, 4) is 0 Å². The van der Waals surface area contributed by atoms with E-state index in [1.165, 1.54) is 12.1 Å². The summed E-state index contributed by atoms with van der Waals surface area (Å²) in [5.41, 5.74) is 7.71. The predicted molar refractivity (Wildman–Crippen MR) is 79.6 cm³/mol. The number of nitrogens with two attached hydrogens (primary N) is 1. The molecule has 0 amide bonds. The lowest BCUT2D eigenvalue weighted by molar-refractivity contribution is 0.504. The molecule has 0 saturated heterocycles. The Morgan fingerprint density at radius 1 is 1.24 bits per heavy atom. The van der Waals surface area contributed by atoms with E-state index < -0.39 is 0 Å². The summed E-state index contributed by atoms with van der Waals surface area (Å²) in [7, 11) is 2.13. The highest BCUT2D eigenvalue weighted by atomic mass is 32.1. The summed E-state index contributed by atoms with van der Waals surface area (Å²) in [6, 6.07) is 8.65. The fourth-order valence-corrected chi connectivity index (χ4v) is 2.09. The van der Waals surface area contributed by atoms with Gasteiger partial charge in [-0.15, -0.1) is 0 Å². The van der Waals surface area contributed by atoms with Crippen molar-refractivity contribution in [3.05, 3.63) is 29.8 Å². The largest absolute Gasteiger partial charge is 0.389 e. The number of anilines is 1. The van der Waals surface area contributed by atoms with Crippen LogP contribution in [0.2, 0.25) is 0 Å². The third-order valence-electron chi connectivity index (χ3n) is 3.03. The van der Waals surface area contributed by atoms with Crippen molar-refractivity contribution >= 4 is 22.9 Å². The van der Waals surface area contributed by atoms with Crippen LogP contribution in [-0.2, 0) is 0 Å². The minimum absolute atomic E-state index is 0.453. The van der Waals surface area contributed by atoms with Crippen LogP contribution in [0.1, 0.15) is 32.8 Å². The molecule has 0 heterocycles. The second-order valence-electron chi connectivity index (χ2n) is 5.00. The van der Waals surface area contributed by atoms with E-state index in [0.29, 0.717) is 16.9 Å². The zero-order valence-electron chi connectivity index (χ0n) is 11.1. The average Bonchev–Trinajstić information content (AvgIpc) is 2.27. The van der Waals surface area contributed by atoms with Gasteiger partial charge in [-0.2, -0.15) is 0 Å². The summed E-state index contributed by atoms with van der Waals surface area (Å²) in [5.74, 6) is 0.711. The lowest BCUT2D eigenvalue weighted by Gasteiger charge is -2.28. The van der Waals surface area contributed by atoms with Gasteiger partial charge >= 0.3 is 0 Å². The Labute approximate surface area is 110 Å². The standard InChI is InChI=1S/C14H22N2S/c1-10(2)9-11(3)16(4)13-7-5-12(6-8-13)14(15)17/h5-8,10-11H,9H2,1-4H3,(H2,15,17). The number of hydrogen-bond donors (Lipinski definition) is 1. The molecule has 0 aromatic heterocycles. The normalized spacial score (nSPS) is 12.5. The molecular weight excluding hydrogens is 228 g/mol. The molecule has 0 bridgehead atoms. The molecule has 17 heavy (non-hydrogen) atoms. The molecule has 0 aliphatic heterocycles.